The van der Waals surface area contributed by atoms with Crippen LogP contribution in [0.5, 0.6) is 0 Å². The lowest BCUT2D eigenvalue weighted by atomic mass is 9.90. The first kappa shape index (κ1) is 9.01. The van der Waals surface area contributed by atoms with Crippen molar-refractivity contribution in [2.24, 2.45) is 11.8 Å². The van der Waals surface area contributed by atoms with Crippen molar-refractivity contribution in [3.05, 3.63) is 0 Å². The van der Waals surface area contributed by atoms with Crippen LogP contribution in [0.3, 0.4) is 0 Å². The van der Waals surface area contributed by atoms with Gasteiger partial charge in [0, 0.05) is 13.2 Å². The molecule has 0 bridgehead atoms. The van der Waals surface area contributed by atoms with Crippen LogP contribution in [0.25, 0.3) is 0 Å². The maximum absolute atomic E-state index is 5.41. The summed E-state index contributed by atoms with van der Waals surface area (Å²) in [7, 11) is 2.03. The summed E-state index contributed by atoms with van der Waals surface area (Å²) in [5.74, 6) is 1.65. The fourth-order valence-electron chi connectivity index (χ4n) is 1.69. The second kappa shape index (κ2) is 4.73. The molecule has 2 heteroatoms. The minimum absolute atomic E-state index is 0.822. The van der Waals surface area contributed by atoms with E-state index in [-0.39, 0.29) is 0 Å². The summed E-state index contributed by atoms with van der Waals surface area (Å²) in [5, 5.41) is 3.24. The Bertz CT molecular complexity index is 106. The lowest BCUT2D eigenvalue weighted by Gasteiger charge is -2.19. The molecule has 66 valence electrons. The zero-order valence-corrected chi connectivity index (χ0v) is 7.60. The molecule has 1 heterocycles. The van der Waals surface area contributed by atoms with Gasteiger partial charge in [0.25, 0.3) is 0 Å². The zero-order valence-electron chi connectivity index (χ0n) is 7.60. The number of nitrogens with one attached hydrogen (secondary N) is 1. The summed E-state index contributed by atoms with van der Waals surface area (Å²) in [6.45, 7) is 5.39. The van der Waals surface area contributed by atoms with Gasteiger partial charge in [0.2, 0.25) is 0 Å². The van der Waals surface area contributed by atoms with Gasteiger partial charge < -0.3 is 10.1 Å². The third-order valence-electron chi connectivity index (χ3n) is 2.62. The van der Waals surface area contributed by atoms with E-state index in [9.17, 15) is 0 Å². The topological polar surface area (TPSA) is 21.3 Å². The zero-order chi connectivity index (χ0) is 8.10. The number of hydrogen-bond acceptors (Lipinski definition) is 2. The molecule has 1 N–H and O–H groups in total. The molecule has 0 aromatic carbocycles. The van der Waals surface area contributed by atoms with Gasteiger partial charge in [-0.2, -0.15) is 0 Å². The number of rotatable bonds is 2. The van der Waals surface area contributed by atoms with Gasteiger partial charge in [-0.25, -0.2) is 0 Å². The predicted octanol–water partition coefficient (Wildman–Crippen LogP) is 1.27. The number of ether oxygens (including phenoxy) is 1. The molecule has 0 aliphatic carbocycles. The second-order valence-electron chi connectivity index (χ2n) is 3.48. The molecule has 1 aliphatic heterocycles. The fourth-order valence-corrected chi connectivity index (χ4v) is 1.69. The minimum atomic E-state index is 0.822. The summed E-state index contributed by atoms with van der Waals surface area (Å²) >= 11 is 0. The predicted molar refractivity (Wildman–Crippen MR) is 46.6 cm³/mol. The van der Waals surface area contributed by atoms with E-state index in [1.165, 1.54) is 12.8 Å². The van der Waals surface area contributed by atoms with E-state index in [1.807, 2.05) is 7.05 Å². The van der Waals surface area contributed by atoms with Crippen LogP contribution in [-0.4, -0.2) is 26.8 Å². The van der Waals surface area contributed by atoms with E-state index in [1.54, 1.807) is 0 Å². The fraction of sp³-hybridized carbons (Fsp3) is 1.00. The molecule has 0 saturated carbocycles. The van der Waals surface area contributed by atoms with Crippen LogP contribution >= 0.6 is 0 Å². The van der Waals surface area contributed by atoms with Gasteiger partial charge in [-0.15, -0.1) is 0 Å². The highest BCUT2D eigenvalue weighted by Crippen LogP contribution is 2.21. The molecule has 0 spiro atoms. The maximum atomic E-state index is 5.41. The standard InChI is InChI=1S/C9H19NO/c1-8-3-5-11-6-4-9(8)7-10-2/h8-10H,3-7H2,1-2H3. The third kappa shape index (κ3) is 2.80. The Morgan fingerprint density at radius 1 is 1.36 bits per heavy atom. The molecule has 0 aromatic heterocycles. The van der Waals surface area contributed by atoms with Gasteiger partial charge in [-0.05, 0) is 38.3 Å². The smallest absolute Gasteiger partial charge is 0.0469 e. The first-order valence-electron chi connectivity index (χ1n) is 4.57. The molecule has 0 amide bonds. The van der Waals surface area contributed by atoms with Gasteiger partial charge in [0.15, 0.2) is 0 Å². The minimum Gasteiger partial charge on any atom is -0.381 e. The van der Waals surface area contributed by atoms with Crippen LogP contribution in [0.15, 0.2) is 0 Å². The van der Waals surface area contributed by atoms with Crippen LogP contribution in [0.1, 0.15) is 19.8 Å². The molecule has 11 heavy (non-hydrogen) atoms. The largest absolute Gasteiger partial charge is 0.381 e. The van der Waals surface area contributed by atoms with Crippen molar-refractivity contribution in [2.75, 3.05) is 26.8 Å². The van der Waals surface area contributed by atoms with Gasteiger partial charge in [0.1, 0.15) is 0 Å². The Morgan fingerprint density at radius 3 is 2.82 bits per heavy atom. The summed E-state index contributed by atoms with van der Waals surface area (Å²) in [5.41, 5.74) is 0. The molecule has 1 saturated heterocycles. The highest BCUT2D eigenvalue weighted by molar-refractivity contribution is 4.70. The Balaban J connectivity index is 2.32. The van der Waals surface area contributed by atoms with E-state index >= 15 is 0 Å². The monoisotopic (exact) mass is 157 g/mol. The first-order valence-corrected chi connectivity index (χ1v) is 4.57. The molecule has 0 aromatic rings. The van der Waals surface area contributed by atoms with Crippen LogP contribution in [-0.2, 0) is 4.74 Å². The molecule has 2 unspecified atom stereocenters. The average Bonchev–Trinajstić information content (AvgIpc) is 2.18. The summed E-state index contributed by atoms with van der Waals surface area (Å²) in [6, 6.07) is 0. The van der Waals surface area contributed by atoms with Crippen molar-refractivity contribution in [1.82, 2.24) is 5.32 Å². The first-order chi connectivity index (χ1) is 5.34. The van der Waals surface area contributed by atoms with E-state index in [0.717, 1.165) is 31.6 Å². The molecule has 1 aliphatic rings. The summed E-state index contributed by atoms with van der Waals surface area (Å²) in [4.78, 5) is 0. The molecular formula is C9H19NO. The quantitative estimate of drug-likeness (QED) is 0.651. The van der Waals surface area contributed by atoms with Crippen LogP contribution in [0, 0.1) is 11.8 Å². The van der Waals surface area contributed by atoms with Crippen molar-refractivity contribution >= 4 is 0 Å². The SMILES string of the molecule is CNCC1CCOCCC1C. The maximum Gasteiger partial charge on any atom is 0.0469 e. The molecule has 2 nitrogen and oxygen atoms in total. The van der Waals surface area contributed by atoms with Crippen molar-refractivity contribution in [3.8, 4) is 0 Å². The van der Waals surface area contributed by atoms with Gasteiger partial charge >= 0.3 is 0 Å². The molecule has 1 fully saturated rings. The Kier molecular flexibility index (Phi) is 3.87. The number of hydrogen-bond donors (Lipinski definition) is 1. The molecule has 1 rings (SSSR count). The Morgan fingerprint density at radius 2 is 2.09 bits per heavy atom. The van der Waals surface area contributed by atoms with E-state index in [2.05, 4.69) is 12.2 Å². The molecule has 2 atom stereocenters. The summed E-state index contributed by atoms with van der Waals surface area (Å²) < 4.78 is 5.41. The molecule has 0 radical (unpaired) electrons. The summed E-state index contributed by atoms with van der Waals surface area (Å²) in [6.07, 6.45) is 2.45. The van der Waals surface area contributed by atoms with Crippen molar-refractivity contribution in [2.45, 2.75) is 19.8 Å². The van der Waals surface area contributed by atoms with Gasteiger partial charge in [-0.3, -0.25) is 0 Å². The lowest BCUT2D eigenvalue weighted by Crippen LogP contribution is -2.24. The van der Waals surface area contributed by atoms with Crippen molar-refractivity contribution in [1.29, 1.82) is 0 Å². The van der Waals surface area contributed by atoms with Crippen LogP contribution < -0.4 is 5.32 Å². The van der Waals surface area contributed by atoms with Crippen molar-refractivity contribution < 1.29 is 4.74 Å². The normalized spacial score (nSPS) is 33.3. The second-order valence-corrected chi connectivity index (χ2v) is 3.48. The van der Waals surface area contributed by atoms with Gasteiger partial charge in [-0.1, -0.05) is 6.92 Å². The highest BCUT2D eigenvalue weighted by Gasteiger charge is 2.18. The van der Waals surface area contributed by atoms with Gasteiger partial charge in [0.05, 0.1) is 0 Å². The van der Waals surface area contributed by atoms with E-state index in [0.29, 0.717) is 0 Å². The van der Waals surface area contributed by atoms with Crippen LogP contribution in [0.4, 0.5) is 0 Å². The highest BCUT2D eigenvalue weighted by atomic mass is 16.5. The van der Waals surface area contributed by atoms with E-state index in [4.69, 9.17) is 4.74 Å². The molecular weight excluding hydrogens is 138 g/mol. The van der Waals surface area contributed by atoms with Crippen LogP contribution in [0.2, 0.25) is 0 Å². The van der Waals surface area contributed by atoms with E-state index < -0.39 is 0 Å². The Hall–Kier alpha value is -0.0800. The average molecular weight is 157 g/mol. The van der Waals surface area contributed by atoms with Crippen molar-refractivity contribution in [3.63, 3.8) is 0 Å². The lowest BCUT2D eigenvalue weighted by molar-refractivity contribution is 0.140. The Labute approximate surface area is 69.3 Å². The third-order valence-corrected chi connectivity index (χ3v) is 2.62.